The minimum atomic E-state index is -0.508. The van der Waals surface area contributed by atoms with Gasteiger partial charge < -0.3 is 16.2 Å². The maximum Gasteiger partial charge on any atom is 0.162 e. The second-order valence-electron chi connectivity index (χ2n) is 8.28. The molecule has 0 saturated carbocycles. The molecule has 4 N–H and O–H groups in total. The van der Waals surface area contributed by atoms with Gasteiger partial charge in [-0.05, 0) is 35.6 Å². The topological polar surface area (TPSA) is 75.4 Å². The molecule has 4 rings (SSSR count). The number of halogens is 1. The third-order valence-corrected chi connectivity index (χ3v) is 5.48. The van der Waals surface area contributed by atoms with Crippen LogP contribution in [0.5, 0.6) is 5.75 Å². The Bertz CT molecular complexity index is 1020. The number of hydrogen-bond acceptors (Lipinski definition) is 4. The Balaban J connectivity index is 1.95. The largest absolute Gasteiger partial charge is 0.508 e. The summed E-state index contributed by atoms with van der Waals surface area (Å²) in [5.74, 6) is -0.290. The van der Waals surface area contributed by atoms with Gasteiger partial charge >= 0.3 is 0 Å². The minimum absolute atomic E-state index is 0.0408. The van der Waals surface area contributed by atoms with Gasteiger partial charge in [0.2, 0.25) is 0 Å². The lowest BCUT2D eigenvalue weighted by atomic mass is 9.68. The number of para-hydroxylation sites is 1. The van der Waals surface area contributed by atoms with Crippen molar-refractivity contribution in [3.63, 3.8) is 0 Å². The maximum absolute atomic E-state index is 13.5. The van der Waals surface area contributed by atoms with Crippen molar-refractivity contribution in [2.75, 3.05) is 0 Å². The van der Waals surface area contributed by atoms with Crippen LogP contribution in [0, 0.1) is 11.2 Å². The van der Waals surface area contributed by atoms with Gasteiger partial charge in [-0.3, -0.25) is 4.79 Å². The number of phenols is 1. The van der Waals surface area contributed by atoms with Gasteiger partial charge in [0.05, 0.1) is 0 Å². The number of dihydropyridines is 1. The lowest BCUT2D eigenvalue weighted by Gasteiger charge is -2.40. The predicted molar refractivity (Wildman–Crippen MR) is 107 cm³/mol. The van der Waals surface area contributed by atoms with Crippen LogP contribution in [0.15, 0.2) is 65.6 Å². The van der Waals surface area contributed by atoms with E-state index in [1.165, 1.54) is 12.1 Å². The molecular formula is C23H23FN2O2. The second-order valence-corrected chi connectivity index (χ2v) is 8.28. The van der Waals surface area contributed by atoms with Crippen LogP contribution in [-0.4, -0.2) is 10.9 Å². The van der Waals surface area contributed by atoms with E-state index in [4.69, 9.17) is 5.73 Å². The molecule has 0 radical (unpaired) electrons. The molecule has 2 aliphatic rings. The second kappa shape index (κ2) is 6.51. The Kier molecular flexibility index (Phi) is 4.26. The first-order valence-electron chi connectivity index (χ1n) is 9.33. The van der Waals surface area contributed by atoms with Gasteiger partial charge in [0, 0.05) is 34.7 Å². The average molecular weight is 378 g/mol. The molecule has 1 heterocycles. The van der Waals surface area contributed by atoms with Crippen molar-refractivity contribution in [3.05, 3.63) is 82.6 Å². The molecule has 1 aliphatic carbocycles. The van der Waals surface area contributed by atoms with Gasteiger partial charge in [-0.1, -0.05) is 44.2 Å². The molecule has 2 aromatic rings. The Morgan fingerprint density at radius 2 is 1.75 bits per heavy atom. The van der Waals surface area contributed by atoms with E-state index in [0.717, 1.165) is 5.70 Å². The van der Waals surface area contributed by atoms with Crippen molar-refractivity contribution in [3.8, 4) is 5.75 Å². The fourth-order valence-corrected chi connectivity index (χ4v) is 4.31. The number of nitrogens with two attached hydrogens (primary N) is 1. The monoisotopic (exact) mass is 378 g/mol. The Morgan fingerprint density at radius 1 is 1.07 bits per heavy atom. The molecule has 0 bridgehead atoms. The SMILES string of the molecule is CC1(C)CC(=O)C2=C(C1)NC(N)=C(c1ccc(F)cc1)C2c1ccccc1O. The van der Waals surface area contributed by atoms with Crippen LogP contribution in [0.4, 0.5) is 4.39 Å². The van der Waals surface area contributed by atoms with Crippen molar-refractivity contribution in [2.24, 2.45) is 11.1 Å². The van der Waals surface area contributed by atoms with Crippen LogP contribution in [0.3, 0.4) is 0 Å². The fourth-order valence-electron chi connectivity index (χ4n) is 4.31. The predicted octanol–water partition coefficient (Wildman–Crippen LogP) is 4.19. The fraction of sp³-hybridized carbons (Fsp3) is 0.261. The van der Waals surface area contributed by atoms with Gasteiger partial charge in [0.15, 0.2) is 5.78 Å². The molecule has 4 nitrogen and oxygen atoms in total. The van der Waals surface area contributed by atoms with Crippen molar-refractivity contribution in [2.45, 2.75) is 32.6 Å². The lowest BCUT2D eigenvalue weighted by Crippen LogP contribution is -2.39. The average Bonchev–Trinajstić information content (AvgIpc) is 2.61. The van der Waals surface area contributed by atoms with Crippen molar-refractivity contribution in [1.82, 2.24) is 5.32 Å². The highest BCUT2D eigenvalue weighted by Gasteiger charge is 2.42. The number of Topliss-reactive ketones (excluding diaryl/α,β-unsaturated/α-hetero) is 1. The van der Waals surface area contributed by atoms with Crippen LogP contribution < -0.4 is 11.1 Å². The number of allylic oxidation sites excluding steroid dienone is 3. The molecule has 144 valence electrons. The standard InChI is InChI=1S/C23H23FN2O2/c1-23(2)11-16-21(18(28)12-23)20(15-5-3-4-6-17(15)27)19(22(25)26-16)13-7-9-14(24)10-8-13/h3-10,20,26-27H,11-12,25H2,1-2H3. The molecule has 2 aromatic carbocycles. The summed E-state index contributed by atoms with van der Waals surface area (Å²) in [5.41, 5.74) is 9.69. The zero-order chi connectivity index (χ0) is 20.1. The lowest BCUT2D eigenvalue weighted by molar-refractivity contribution is -0.118. The molecule has 0 aromatic heterocycles. The van der Waals surface area contributed by atoms with Crippen molar-refractivity contribution < 1.29 is 14.3 Å². The van der Waals surface area contributed by atoms with Gasteiger partial charge in [-0.15, -0.1) is 0 Å². The van der Waals surface area contributed by atoms with Crippen LogP contribution in [0.1, 0.15) is 43.7 Å². The van der Waals surface area contributed by atoms with Gasteiger partial charge in [0.1, 0.15) is 17.4 Å². The number of ketones is 1. The van der Waals surface area contributed by atoms with Gasteiger partial charge in [-0.2, -0.15) is 0 Å². The molecule has 1 atom stereocenters. The van der Waals surface area contributed by atoms with E-state index in [1.54, 1.807) is 30.3 Å². The number of benzene rings is 2. The van der Waals surface area contributed by atoms with Crippen LogP contribution in [0.2, 0.25) is 0 Å². The number of aromatic hydroxyl groups is 1. The quantitative estimate of drug-likeness (QED) is 0.732. The highest BCUT2D eigenvalue weighted by Crippen LogP contribution is 2.50. The molecule has 1 aliphatic heterocycles. The van der Waals surface area contributed by atoms with Crippen molar-refractivity contribution >= 4 is 11.4 Å². The zero-order valence-electron chi connectivity index (χ0n) is 15.9. The summed E-state index contributed by atoms with van der Waals surface area (Å²) < 4.78 is 13.5. The van der Waals surface area contributed by atoms with E-state index in [2.05, 4.69) is 19.2 Å². The Hall–Kier alpha value is -3.08. The number of carbonyl (C=O) groups is 1. The molecule has 0 saturated heterocycles. The molecule has 28 heavy (non-hydrogen) atoms. The normalized spacial score (nSPS) is 21.4. The summed E-state index contributed by atoms with van der Waals surface area (Å²) in [6.07, 6.45) is 1.11. The third kappa shape index (κ3) is 3.07. The van der Waals surface area contributed by atoms with E-state index >= 15 is 0 Å². The Labute approximate surface area is 163 Å². The van der Waals surface area contributed by atoms with Gasteiger partial charge in [-0.25, -0.2) is 4.39 Å². The van der Waals surface area contributed by atoms with Gasteiger partial charge in [0.25, 0.3) is 0 Å². The zero-order valence-corrected chi connectivity index (χ0v) is 15.9. The smallest absolute Gasteiger partial charge is 0.162 e. The van der Waals surface area contributed by atoms with E-state index in [-0.39, 0.29) is 22.8 Å². The number of hydrogen-bond donors (Lipinski definition) is 3. The summed E-state index contributed by atoms with van der Waals surface area (Å²) in [6, 6.07) is 13.0. The molecular weight excluding hydrogens is 355 g/mol. The summed E-state index contributed by atoms with van der Waals surface area (Å²) in [7, 11) is 0. The number of phenolic OH excluding ortho intramolecular Hbond substituents is 1. The van der Waals surface area contributed by atoms with Crippen LogP contribution >= 0.6 is 0 Å². The van der Waals surface area contributed by atoms with E-state index in [1.807, 2.05) is 6.07 Å². The molecule has 0 amide bonds. The van der Waals surface area contributed by atoms with E-state index in [9.17, 15) is 14.3 Å². The summed E-state index contributed by atoms with van der Waals surface area (Å²) in [4.78, 5) is 13.2. The first kappa shape index (κ1) is 18.3. The molecule has 0 spiro atoms. The summed E-state index contributed by atoms with van der Waals surface area (Å²) >= 11 is 0. The number of carbonyl (C=O) groups excluding carboxylic acids is 1. The maximum atomic E-state index is 13.5. The van der Waals surface area contributed by atoms with Crippen molar-refractivity contribution in [1.29, 1.82) is 0 Å². The highest BCUT2D eigenvalue weighted by atomic mass is 19.1. The highest BCUT2D eigenvalue weighted by molar-refractivity contribution is 6.03. The number of nitrogens with one attached hydrogen (secondary N) is 1. The first-order chi connectivity index (χ1) is 13.3. The minimum Gasteiger partial charge on any atom is -0.508 e. The third-order valence-electron chi connectivity index (χ3n) is 5.48. The van der Waals surface area contributed by atoms with Crippen LogP contribution in [-0.2, 0) is 4.79 Å². The molecule has 0 fully saturated rings. The molecule has 1 unspecified atom stereocenters. The van der Waals surface area contributed by atoms with Crippen LogP contribution in [0.25, 0.3) is 5.57 Å². The molecule has 5 heteroatoms. The summed E-state index contributed by atoms with van der Waals surface area (Å²) in [6.45, 7) is 4.11. The Morgan fingerprint density at radius 3 is 2.43 bits per heavy atom. The van der Waals surface area contributed by atoms with E-state index in [0.29, 0.717) is 40.9 Å². The summed E-state index contributed by atoms with van der Waals surface area (Å²) in [5, 5.41) is 13.8. The van der Waals surface area contributed by atoms with E-state index < -0.39 is 5.92 Å². The number of rotatable bonds is 2. The first-order valence-corrected chi connectivity index (χ1v) is 9.33.